The van der Waals surface area contributed by atoms with Gasteiger partial charge in [-0.1, -0.05) is 28.1 Å². The SMILES string of the molecule is O=C(c1cc(-c2cccs2)[nH]n1)N1CCN(S(=O)(=O)c2cccc(Br)c2)CC1. The number of H-pyrrole nitrogens is 1. The van der Waals surface area contributed by atoms with Gasteiger partial charge in [-0.2, -0.15) is 9.40 Å². The van der Waals surface area contributed by atoms with Crippen LogP contribution in [0.2, 0.25) is 0 Å². The molecule has 28 heavy (non-hydrogen) atoms. The minimum absolute atomic E-state index is 0.196. The Bertz CT molecular complexity index is 1090. The molecule has 3 heterocycles. The van der Waals surface area contributed by atoms with E-state index in [1.807, 2.05) is 17.5 Å². The molecule has 0 saturated carbocycles. The number of aromatic amines is 1. The van der Waals surface area contributed by atoms with Gasteiger partial charge in [-0.3, -0.25) is 9.89 Å². The standard InChI is InChI=1S/C18H17BrN4O3S2/c19-13-3-1-4-14(11-13)28(25,26)23-8-6-22(7-9-23)18(24)16-12-15(20-21-16)17-5-2-10-27-17/h1-5,10-12H,6-9H2,(H,20,21). The zero-order chi connectivity index (χ0) is 19.7. The highest BCUT2D eigenvalue weighted by Gasteiger charge is 2.31. The van der Waals surface area contributed by atoms with Gasteiger partial charge < -0.3 is 4.90 Å². The summed E-state index contributed by atoms with van der Waals surface area (Å²) >= 11 is 4.87. The second-order valence-corrected chi connectivity index (χ2v) is 10.1. The number of carbonyl (C=O) groups is 1. The number of aromatic nitrogens is 2. The molecule has 0 bridgehead atoms. The van der Waals surface area contributed by atoms with Gasteiger partial charge in [0.1, 0.15) is 0 Å². The Morgan fingerprint density at radius 1 is 1.11 bits per heavy atom. The van der Waals surface area contributed by atoms with Crippen LogP contribution in [0.15, 0.2) is 57.2 Å². The number of thiophene rings is 1. The van der Waals surface area contributed by atoms with Crippen molar-refractivity contribution in [1.82, 2.24) is 19.4 Å². The van der Waals surface area contributed by atoms with Crippen LogP contribution in [0.25, 0.3) is 10.6 Å². The Balaban J connectivity index is 1.43. The summed E-state index contributed by atoms with van der Waals surface area (Å²) in [6, 6.07) is 12.3. The Labute approximate surface area is 175 Å². The number of nitrogens with zero attached hydrogens (tertiary/aromatic N) is 3. The predicted molar refractivity (Wildman–Crippen MR) is 111 cm³/mol. The third kappa shape index (κ3) is 3.77. The second kappa shape index (κ2) is 7.78. The van der Waals surface area contributed by atoms with Crippen molar-refractivity contribution in [2.45, 2.75) is 4.90 Å². The number of hydrogen-bond donors (Lipinski definition) is 1. The molecule has 146 valence electrons. The van der Waals surface area contributed by atoms with E-state index in [2.05, 4.69) is 26.1 Å². The second-order valence-electron chi connectivity index (χ2n) is 6.30. The van der Waals surface area contributed by atoms with E-state index in [-0.39, 0.29) is 23.9 Å². The van der Waals surface area contributed by atoms with Crippen LogP contribution in [0.4, 0.5) is 0 Å². The number of benzene rings is 1. The molecule has 3 aromatic rings. The first-order chi connectivity index (χ1) is 13.4. The van der Waals surface area contributed by atoms with Gasteiger partial charge >= 0.3 is 0 Å². The molecule has 1 aliphatic rings. The lowest BCUT2D eigenvalue weighted by molar-refractivity contribution is 0.0692. The van der Waals surface area contributed by atoms with Gasteiger partial charge in [0.25, 0.3) is 5.91 Å². The van der Waals surface area contributed by atoms with Gasteiger partial charge in [0, 0.05) is 30.7 Å². The zero-order valence-electron chi connectivity index (χ0n) is 14.7. The molecule has 1 aliphatic heterocycles. The molecule has 10 heteroatoms. The van der Waals surface area contributed by atoms with Gasteiger partial charge in [-0.05, 0) is 35.7 Å². The summed E-state index contributed by atoms with van der Waals surface area (Å²) in [5.74, 6) is -0.196. The summed E-state index contributed by atoms with van der Waals surface area (Å²) in [5.41, 5.74) is 1.14. The van der Waals surface area contributed by atoms with Gasteiger partial charge in [0.05, 0.1) is 15.5 Å². The highest BCUT2D eigenvalue weighted by atomic mass is 79.9. The number of carbonyl (C=O) groups excluding carboxylic acids is 1. The number of halogens is 1. The molecular weight excluding hydrogens is 464 g/mol. The van der Waals surface area contributed by atoms with Crippen LogP contribution in [0.5, 0.6) is 0 Å². The van der Waals surface area contributed by atoms with E-state index in [1.165, 1.54) is 4.31 Å². The molecule has 4 rings (SSSR count). The van der Waals surface area contributed by atoms with Gasteiger partial charge in [0.2, 0.25) is 10.0 Å². The van der Waals surface area contributed by atoms with Crippen LogP contribution in [-0.4, -0.2) is 59.9 Å². The minimum atomic E-state index is -3.58. The van der Waals surface area contributed by atoms with Crippen molar-refractivity contribution in [1.29, 1.82) is 0 Å². The molecule has 0 unspecified atom stereocenters. The molecule has 0 atom stereocenters. The molecular formula is C18H17BrN4O3S2. The Kier molecular flexibility index (Phi) is 5.37. The number of rotatable bonds is 4. The number of nitrogens with one attached hydrogen (secondary N) is 1. The van der Waals surface area contributed by atoms with Crippen LogP contribution in [0, 0.1) is 0 Å². The smallest absolute Gasteiger partial charge is 0.274 e. The summed E-state index contributed by atoms with van der Waals surface area (Å²) in [6.07, 6.45) is 0. The van der Waals surface area contributed by atoms with Gasteiger partial charge in [-0.25, -0.2) is 8.42 Å². The number of amides is 1. The lowest BCUT2D eigenvalue weighted by atomic mass is 10.2. The number of hydrogen-bond acceptors (Lipinski definition) is 5. The first-order valence-electron chi connectivity index (χ1n) is 8.59. The van der Waals surface area contributed by atoms with E-state index in [4.69, 9.17) is 0 Å². The molecule has 1 fully saturated rings. The molecule has 1 aromatic carbocycles. The third-order valence-corrected chi connectivity index (χ3v) is 7.83. The molecule has 1 saturated heterocycles. The molecule has 7 nitrogen and oxygen atoms in total. The summed E-state index contributed by atoms with van der Waals surface area (Å²) < 4.78 is 27.7. The fourth-order valence-corrected chi connectivity index (χ4v) is 5.77. The van der Waals surface area contributed by atoms with Crippen LogP contribution in [-0.2, 0) is 10.0 Å². The zero-order valence-corrected chi connectivity index (χ0v) is 17.9. The molecule has 2 aromatic heterocycles. The van der Waals surface area contributed by atoms with Gasteiger partial charge in [-0.15, -0.1) is 11.3 Å². The largest absolute Gasteiger partial charge is 0.335 e. The average Bonchev–Trinajstić information content (AvgIpc) is 3.39. The first-order valence-corrected chi connectivity index (χ1v) is 11.7. The van der Waals surface area contributed by atoms with Crippen molar-refractivity contribution in [3.8, 4) is 10.6 Å². The van der Waals surface area contributed by atoms with E-state index in [0.29, 0.717) is 23.3 Å². The fraction of sp³-hybridized carbons (Fsp3) is 0.222. The van der Waals surface area contributed by atoms with Crippen molar-refractivity contribution in [2.24, 2.45) is 0 Å². The van der Waals surface area contributed by atoms with Gasteiger partial charge in [0.15, 0.2) is 5.69 Å². The summed E-state index contributed by atoms with van der Waals surface area (Å²) in [7, 11) is -3.58. The predicted octanol–water partition coefficient (Wildman–Crippen LogP) is 3.05. The highest BCUT2D eigenvalue weighted by Crippen LogP contribution is 2.24. The van der Waals surface area contributed by atoms with Crippen LogP contribution < -0.4 is 0 Å². The van der Waals surface area contributed by atoms with Crippen molar-refractivity contribution >= 4 is 43.2 Å². The molecule has 1 amide bonds. The molecule has 0 aliphatic carbocycles. The highest BCUT2D eigenvalue weighted by molar-refractivity contribution is 9.10. The Morgan fingerprint density at radius 3 is 2.57 bits per heavy atom. The quantitative estimate of drug-likeness (QED) is 0.621. The van der Waals surface area contributed by atoms with E-state index < -0.39 is 10.0 Å². The lowest BCUT2D eigenvalue weighted by Crippen LogP contribution is -2.50. The van der Waals surface area contributed by atoms with Crippen LogP contribution in [0.1, 0.15) is 10.5 Å². The maximum absolute atomic E-state index is 12.8. The molecule has 1 N–H and O–H groups in total. The van der Waals surface area contributed by atoms with Crippen molar-refractivity contribution in [3.63, 3.8) is 0 Å². The minimum Gasteiger partial charge on any atom is -0.335 e. The maximum atomic E-state index is 12.8. The Hall–Kier alpha value is -2.01. The van der Waals surface area contributed by atoms with Crippen molar-refractivity contribution < 1.29 is 13.2 Å². The van der Waals surface area contributed by atoms with Crippen LogP contribution in [0.3, 0.4) is 0 Å². The van der Waals surface area contributed by atoms with Crippen LogP contribution >= 0.6 is 27.3 Å². The Morgan fingerprint density at radius 2 is 1.89 bits per heavy atom. The molecule has 0 radical (unpaired) electrons. The normalized spacial score (nSPS) is 15.7. The monoisotopic (exact) mass is 480 g/mol. The molecule has 0 spiro atoms. The topological polar surface area (TPSA) is 86.4 Å². The number of piperazine rings is 1. The lowest BCUT2D eigenvalue weighted by Gasteiger charge is -2.33. The van der Waals surface area contributed by atoms with E-state index in [1.54, 1.807) is 46.6 Å². The summed E-state index contributed by atoms with van der Waals surface area (Å²) in [6.45, 7) is 1.16. The van der Waals surface area contributed by atoms with E-state index in [0.717, 1.165) is 10.6 Å². The van der Waals surface area contributed by atoms with E-state index >= 15 is 0 Å². The fourth-order valence-electron chi connectivity index (χ4n) is 3.06. The average molecular weight is 481 g/mol. The number of sulfonamides is 1. The van der Waals surface area contributed by atoms with E-state index in [9.17, 15) is 13.2 Å². The summed E-state index contributed by atoms with van der Waals surface area (Å²) in [5, 5.41) is 8.98. The third-order valence-electron chi connectivity index (χ3n) is 4.54. The summed E-state index contributed by atoms with van der Waals surface area (Å²) in [4.78, 5) is 15.6. The first kappa shape index (κ1) is 19.3. The maximum Gasteiger partial charge on any atom is 0.274 e. The van der Waals surface area contributed by atoms with Crippen molar-refractivity contribution in [3.05, 3.63) is 58.0 Å². The van der Waals surface area contributed by atoms with Crippen molar-refractivity contribution in [2.75, 3.05) is 26.2 Å².